The molecule has 0 aromatic heterocycles. The molecule has 0 radical (unpaired) electrons. The van der Waals surface area contributed by atoms with Gasteiger partial charge in [-0.15, -0.1) is 0 Å². The number of rotatable bonds is 5. The standard InChI is InChI=1S/C21H24N2O2/c1-3-15-12-14(13-16(4-2)23(15)11-7-10-22)19-20(24)17-8-5-6-9-18(17)21(19)25/h5-6,8-9,12-13H,3-4,7,10-11,22H2,1-2H3. The highest BCUT2D eigenvalue weighted by molar-refractivity contribution is 6.40. The quantitative estimate of drug-likeness (QED) is 0.659. The molecule has 25 heavy (non-hydrogen) atoms. The number of Topliss-reactive ketones (excluding diaryl/α,β-unsaturated/α-hetero) is 2. The van der Waals surface area contributed by atoms with Crippen LogP contribution in [0.1, 0.15) is 53.8 Å². The van der Waals surface area contributed by atoms with E-state index in [2.05, 4.69) is 18.7 Å². The second-order valence-corrected chi connectivity index (χ2v) is 6.31. The van der Waals surface area contributed by atoms with Gasteiger partial charge in [-0.05, 0) is 43.5 Å². The van der Waals surface area contributed by atoms with E-state index in [1.165, 1.54) is 0 Å². The van der Waals surface area contributed by atoms with Gasteiger partial charge in [-0.25, -0.2) is 0 Å². The molecular weight excluding hydrogens is 312 g/mol. The molecule has 0 atom stereocenters. The van der Waals surface area contributed by atoms with Crippen LogP contribution in [-0.4, -0.2) is 29.6 Å². The van der Waals surface area contributed by atoms with E-state index in [-0.39, 0.29) is 11.6 Å². The molecule has 0 saturated heterocycles. The van der Waals surface area contributed by atoms with Crippen LogP contribution in [-0.2, 0) is 0 Å². The molecule has 0 unspecified atom stereocenters. The number of nitrogens with two attached hydrogens (primary N) is 1. The molecule has 1 heterocycles. The van der Waals surface area contributed by atoms with Crippen LogP contribution in [0.25, 0.3) is 0 Å². The van der Waals surface area contributed by atoms with Crippen molar-refractivity contribution in [1.29, 1.82) is 0 Å². The first-order valence-corrected chi connectivity index (χ1v) is 8.93. The highest BCUT2D eigenvalue weighted by Crippen LogP contribution is 2.34. The van der Waals surface area contributed by atoms with Gasteiger partial charge in [0.2, 0.25) is 0 Å². The Balaban J connectivity index is 2.09. The molecule has 0 spiro atoms. The highest BCUT2D eigenvalue weighted by Gasteiger charge is 2.35. The van der Waals surface area contributed by atoms with Gasteiger partial charge < -0.3 is 10.6 Å². The van der Waals surface area contributed by atoms with Gasteiger partial charge in [0.25, 0.3) is 0 Å². The third kappa shape index (κ3) is 2.98. The van der Waals surface area contributed by atoms with Gasteiger partial charge in [-0.3, -0.25) is 9.59 Å². The van der Waals surface area contributed by atoms with Crippen LogP contribution in [0.3, 0.4) is 0 Å². The van der Waals surface area contributed by atoms with E-state index in [9.17, 15) is 9.59 Å². The Morgan fingerprint density at radius 2 is 1.44 bits per heavy atom. The summed E-state index contributed by atoms with van der Waals surface area (Å²) in [6.07, 6.45) is 6.57. The molecule has 4 nitrogen and oxygen atoms in total. The van der Waals surface area contributed by atoms with E-state index < -0.39 is 0 Å². The number of carbonyl (C=O) groups excluding carboxylic acids is 2. The zero-order chi connectivity index (χ0) is 18.0. The maximum Gasteiger partial charge on any atom is 0.198 e. The molecule has 2 aliphatic rings. The summed E-state index contributed by atoms with van der Waals surface area (Å²) in [5.74, 6) is -0.325. The fourth-order valence-corrected chi connectivity index (χ4v) is 3.52. The van der Waals surface area contributed by atoms with Gasteiger partial charge in [0.1, 0.15) is 0 Å². The Hall–Kier alpha value is -2.46. The Labute approximate surface area is 148 Å². The summed E-state index contributed by atoms with van der Waals surface area (Å²) < 4.78 is 0. The van der Waals surface area contributed by atoms with E-state index in [1.54, 1.807) is 24.3 Å². The van der Waals surface area contributed by atoms with Crippen molar-refractivity contribution in [3.63, 3.8) is 0 Å². The second kappa shape index (κ2) is 7.19. The van der Waals surface area contributed by atoms with Gasteiger partial charge in [0.15, 0.2) is 11.6 Å². The number of allylic oxidation sites excluding steroid dienone is 6. The van der Waals surface area contributed by atoms with Crippen molar-refractivity contribution in [3.8, 4) is 0 Å². The van der Waals surface area contributed by atoms with Gasteiger partial charge in [0.05, 0.1) is 5.57 Å². The average molecular weight is 336 g/mol. The summed E-state index contributed by atoms with van der Waals surface area (Å²) in [4.78, 5) is 27.8. The van der Waals surface area contributed by atoms with Crippen molar-refractivity contribution in [2.75, 3.05) is 13.1 Å². The normalized spacial score (nSPS) is 17.0. The molecule has 0 amide bonds. The van der Waals surface area contributed by atoms with Crippen LogP contribution in [0.2, 0.25) is 0 Å². The Morgan fingerprint density at radius 3 is 1.88 bits per heavy atom. The third-order valence-electron chi connectivity index (χ3n) is 4.81. The molecule has 1 aromatic rings. The molecule has 1 aromatic carbocycles. The molecule has 1 aliphatic heterocycles. The maximum absolute atomic E-state index is 12.8. The summed E-state index contributed by atoms with van der Waals surface area (Å²) in [6, 6.07) is 7.06. The first kappa shape index (κ1) is 17.4. The smallest absolute Gasteiger partial charge is 0.198 e. The number of benzene rings is 1. The summed E-state index contributed by atoms with van der Waals surface area (Å²) in [5.41, 5.74) is 10.00. The first-order chi connectivity index (χ1) is 12.1. The average Bonchev–Trinajstić information content (AvgIpc) is 2.90. The lowest BCUT2D eigenvalue weighted by Crippen LogP contribution is -2.27. The molecule has 0 saturated carbocycles. The van der Waals surface area contributed by atoms with Crippen molar-refractivity contribution in [2.45, 2.75) is 33.1 Å². The van der Waals surface area contributed by atoms with E-state index in [1.807, 2.05) is 12.2 Å². The van der Waals surface area contributed by atoms with Crippen LogP contribution in [0, 0.1) is 0 Å². The largest absolute Gasteiger partial charge is 0.349 e. The molecule has 3 rings (SSSR count). The topological polar surface area (TPSA) is 63.4 Å². The van der Waals surface area contributed by atoms with Gasteiger partial charge in [-0.2, -0.15) is 0 Å². The number of fused-ring (bicyclic) bond motifs is 1. The molecule has 0 fully saturated rings. The van der Waals surface area contributed by atoms with E-state index in [0.717, 1.165) is 42.8 Å². The van der Waals surface area contributed by atoms with Gasteiger partial charge in [-0.1, -0.05) is 38.1 Å². The van der Waals surface area contributed by atoms with Crippen LogP contribution in [0.15, 0.2) is 59.0 Å². The molecular formula is C21H24N2O2. The lowest BCUT2D eigenvalue weighted by molar-refractivity contribution is 0.0988. The number of carbonyl (C=O) groups is 2. The van der Waals surface area contributed by atoms with Crippen LogP contribution < -0.4 is 5.73 Å². The zero-order valence-electron chi connectivity index (χ0n) is 14.8. The van der Waals surface area contributed by atoms with Crippen LogP contribution in [0.5, 0.6) is 0 Å². The minimum atomic E-state index is -0.163. The predicted molar refractivity (Wildman–Crippen MR) is 99.3 cm³/mol. The second-order valence-electron chi connectivity index (χ2n) is 6.31. The summed E-state index contributed by atoms with van der Waals surface area (Å²) >= 11 is 0. The van der Waals surface area contributed by atoms with Crippen molar-refractivity contribution in [2.24, 2.45) is 5.73 Å². The van der Waals surface area contributed by atoms with E-state index in [4.69, 9.17) is 5.73 Å². The minimum absolute atomic E-state index is 0.163. The number of hydrogen-bond acceptors (Lipinski definition) is 4. The molecule has 2 N–H and O–H groups in total. The fraction of sp³-hybridized carbons (Fsp3) is 0.333. The summed E-state index contributed by atoms with van der Waals surface area (Å²) in [5, 5.41) is 0. The highest BCUT2D eigenvalue weighted by atomic mass is 16.2. The van der Waals surface area contributed by atoms with Crippen molar-refractivity contribution in [3.05, 3.63) is 70.1 Å². The summed E-state index contributed by atoms with van der Waals surface area (Å²) in [6.45, 7) is 5.69. The lowest BCUT2D eigenvalue weighted by atomic mass is 9.96. The monoisotopic (exact) mass is 336 g/mol. The fourth-order valence-electron chi connectivity index (χ4n) is 3.52. The summed E-state index contributed by atoms with van der Waals surface area (Å²) in [7, 11) is 0. The molecule has 1 aliphatic carbocycles. The van der Waals surface area contributed by atoms with Crippen molar-refractivity contribution >= 4 is 11.6 Å². The first-order valence-electron chi connectivity index (χ1n) is 8.93. The predicted octanol–water partition coefficient (Wildman–Crippen LogP) is 3.61. The van der Waals surface area contributed by atoms with Gasteiger partial charge >= 0.3 is 0 Å². The number of ketones is 2. The number of nitrogens with zero attached hydrogens (tertiary/aromatic N) is 1. The molecule has 4 heteroatoms. The lowest BCUT2D eigenvalue weighted by Gasteiger charge is -2.32. The Bertz CT molecular complexity index is 754. The van der Waals surface area contributed by atoms with Crippen LogP contribution in [0.4, 0.5) is 0 Å². The zero-order valence-corrected chi connectivity index (χ0v) is 14.8. The van der Waals surface area contributed by atoms with E-state index >= 15 is 0 Å². The van der Waals surface area contributed by atoms with Crippen LogP contribution >= 0.6 is 0 Å². The Morgan fingerprint density at radius 1 is 0.920 bits per heavy atom. The van der Waals surface area contributed by atoms with E-state index in [0.29, 0.717) is 23.2 Å². The van der Waals surface area contributed by atoms with Crippen molar-refractivity contribution < 1.29 is 9.59 Å². The Kier molecular flexibility index (Phi) is 5.00. The minimum Gasteiger partial charge on any atom is -0.349 e. The molecule has 130 valence electrons. The molecule has 0 bridgehead atoms. The third-order valence-corrected chi connectivity index (χ3v) is 4.81. The van der Waals surface area contributed by atoms with Crippen molar-refractivity contribution in [1.82, 2.24) is 4.90 Å². The SMILES string of the molecule is CCC1=CC(=C2C(=O)c3ccccc3C2=O)C=C(CC)N1CCCN. The number of hydrogen-bond donors (Lipinski definition) is 1. The maximum atomic E-state index is 12.8. The van der Waals surface area contributed by atoms with Gasteiger partial charge in [0, 0.05) is 29.1 Å².